The highest BCUT2D eigenvalue weighted by molar-refractivity contribution is 5.81. The zero-order chi connectivity index (χ0) is 14.5. The summed E-state index contributed by atoms with van der Waals surface area (Å²) in [6.07, 6.45) is -0.520. The van der Waals surface area contributed by atoms with Gasteiger partial charge in [-0.2, -0.15) is 0 Å². The largest absolute Gasteiger partial charge is 0.481 e. The molecule has 1 heterocycles. The second kappa shape index (κ2) is 6.72. The van der Waals surface area contributed by atoms with Crippen LogP contribution < -0.4 is 10.5 Å². The maximum absolute atomic E-state index is 12.3. The maximum Gasteiger partial charge on any atom is 0.263 e. The van der Waals surface area contributed by atoms with Crippen LogP contribution >= 0.6 is 0 Å². The standard InChI is InChI=1S/C15H22N2O3/c1-11(16)13-5-3-4-6-14(13)20-12(2)15(18)17-7-9-19-10-8-17/h3-6,11-12H,7-10,16H2,1-2H3/t11-,12?/m0/s1. The third-order valence-corrected chi connectivity index (χ3v) is 3.38. The second-order valence-corrected chi connectivity index (χ2v) is 5.02. The van der Waals surface area contributed by atoms with Crippen LogP contribution in [-0.4, -0.2) is 43.2 Å². The van der Waals surface area contributed by atoms with Crippen molar-refractivity contribution in [3.63, 3.8) is 0 Å². The van der Waals surface area contributed by atoms with E-state index in [0.29, 0.717) is 32.1 Å². The molecule has 1 saturated heterocycles. The van der Waals surface area contributed by atoms with Gasteiger partial charge in [0.1, 0.15) is 5.75 Å². The number of ether oxygens (including phenoxy) is 2. The lowest BCUT2D eigenvalue weighted by Crippen LogP contribution is -2.46. The van der Waals surface area contributed by atoms with Crippen molar-refractivity contribution in [1.82, 2.24) is 4.90 Å². The molecule has 20 heavy (non-hydrogen) atoms. The van der Waals surface area contributed by atoms with Crippen molar-refractivity contribution in [2.45, 2.75) is 26.0 Å². The highest BCUT2D eigenvalue weighted by Gasteiger charge is 2.24. The first-order chi connectivity index (χ1) is 9.59. The summed E-state index contributed by atoms with van der Waals surface area (Å²) in [6.45, 7) is 6.11. The Kier molecular flexibility index (Phi) is 4.98. The van der Waals surface area contributed by atoms with E-state index in [9.17, 15) is 4.79 Å². The molecular formula is C15H22N2O3. The van der Waals surface area contributed by atoms with E-state index in [-0.39, 0.29) is 11.9 Å². The second-order valence-electron chi connectivity index (χ2n) is 5.02. The van der Waals surface area contributed by atoms with Crippen molar-refractivity contribution in [1.29, 1.82) is 0 Å². The van der Waals surface area contributed by atoms with Crippen molar-refractivity contribution in [2.75, 3.05) is 26.3 Å². The number of morpholine rings is 1. The lowest BCUT2D eigenvalue weighted by atomic mass is 10.1. The molecule has 0 saturated carbocycles. The number of hydrogen-bond acceptors (Lipinski definition) is 4. The number of carbonyl (C=O) groups is 1. The van der Waals surface area contributed by atoms with Gasteiger partial charge in [0.2, 0.25) is 0 Å². The quantitative estimate of drug-likeness (QED) is 0.902. The maximum atomic E-state index is 12.3. The van der Waals surface area contributed by atoms with Crippen LogP contribution in [0.1, 0.15) is 25.5 Å². The molecule has 1 fully saturated rings. The van der Waals surface area contributed by atoms with Gasteiger partial charge in [-0.15, -0.1) is 0 Å². The number of nitrogens with two attached hydrogens (primary N) is 1. The molecule has 110 valence electrons. The fraction of sp³-hybridized carbons (Fsp3) is 0.533. The number of rotatable bonds is 4. The molecule has 2 rings (SSSR count). The highest BCUT2D eigenvalue weighted by Crippen LogP contribution is 2.24. The summed E-state index contributed by atoms with van der Waals surface area (Å²) in [7, 11) is 0. The molecule has 0 aromatic heterocycles. The summed E-state index contributed by atoms with van der Waals surface area (Å²) in [4.78, 5) is 14.1. The Hall–Kier alpha value is -1.59. The van der Waals surface area contributed by atoms with Crippen LogP contribution in [0.5, 0.6) is 5.75 Å². The van der Waals surface area contributed by atoms with Crippen LogP contribution in [-0.2, 0) is 9.53 Å². The van der Waals surface area contributed by atoms with Gasteiger partial charge < -0.3 is 20.1 Å². The van der Waals surface area contributed by atoms with Gasteiger partial charge in [-0.05, 0) is 19.9 Å². The van der Waals surface area contributed by atoms with Gasteiger partial charge >= 0.3 is 0 Å². The lowest BCUT2D eigenvalue weighted by molar-refractivity contribution is -0.142. The summed E-state index contributed by atoms with van der Waals surface area (Å²) < 4.78 is 11.1. The van der Waals surface area contributed by atoms with E-state index in [2.05, 4.69) is 0 Å². The van der Waals surface area contributed by atoms with Crippen LogP contribution in [0.15, 0.2) is 24.3 Å². The third kappa shape index (κ3) is 3.49. The predicted molar refractivity (Wildman–Crippen MR) is 76.5 cm³/mol. The first-order valence-corrected chi connectivity index (χ1v) is 6.97. The molecule has 0 aliphatic carbocycles. The van der Waals surface area contributed by atoms with Crippen molar-refractivity contribution < 1.29 is 14.3 Å². The average Bonchev–Trinajstić information content (AvgIpc) is 2.47. The molecule has 0 radical (unpaired) electrons. The summed E-state index contributed by atoms with van der Waals surface area (Å²) >= 11 is 0. The topological polar surface area (TPSA) is 64.8 Å². The molecule has 1 amide bonds. The van der Waals surface area contributed by atoms with Crippen LogP contribution in [0.25, 0.3) is 0 Å². The molecule has 2 atom stereocenters. The lowest BCUT2D eigenvalue weighted by Gasteiger charge is -2.29. The third-order valence-electron chi connectivity index (χ3n) is 3.38. The first kappa shape index (κ1) is 14.8. The van der Waals surface area contributed by atoms with Gasteiger partial charge in [-0.3, -0.25) is 4.79 Å². The molecule has 1 aliphatic rings. The van der Waals surface area contributed by atoms with Crippen LogP contribution in [0.2, 0.25) is 0 Å². The normalized spacial score (nSPS) is 18.4. The van der Waals surface area contributed by atoms with Crippen LogP contribution in [0, 0.1) is 0 Å². The Balaban J connectivity index is 2.03. The number of benzene rings is 1. The Morgan fingerprint density at radius 1 is 1.30 bits per heavy atom. The van der Waals surface area contributed by atoms with Gasteiger partial charge in [0.25, 0.3) is 5.91 Å². The average molecular weight is 278 g/mol. The molecule has 1 aromatic rings. The van der Waals surface area contributed by atoms with E-state index in [0.717, 1.165) is 5.56 Å². The molecule has 5 nitrogen and oxygen atoms in total. The SMILES string of the molecule is CC(Oc1ccccc1[C@H](C)N)C(=O)N1CCOCC1. The number of para-hydroxylation sites is 1. The Bertz CT molecular complexity index is 456. The van der Waals surface area contributed by atoms with Crippen LogP contribution in [0.3, 0.4) is 0 Å². The zero-order valence-corrected chi connectivity index (χ0v) is 12.0. The molecule has 1 unspecified atom stereocenters. The molecule has 0 spiro atoms. The Labute approximate surface area is 119 Å². The number of hydrogen-bond donors (Lipinski definition) is 1. The minimum absolute atomic E-state index is 0.00669. The fourth-order valence-corrected chi connectivity index (χ4v) is 2.25. The van der Waals surface area contributed by atoms with Gasteiger partial charge in [0, 0.05) is 24.7 Å². The number of amides is 1. The minimum Gasteiger partial charge on any atom is -0.481 e. The molecule has 0 bridgehead atoms. The first-order valence-electron chi connectivity index (χ1n) is 6.97. The van der Waals surface area contributed by atoms with E-state index >= 15 is 0 Å². The summed E-state index contributed by atoms with van der Waals surface area (Å²) in [6, 6.07) is 7.44. The van der Waals surface area contributed by atoms with E-state index in [4.69, 9.17) is 15.2 Å². The summed E-state index contributed by atoms with van der Waals surface area (Å²) in [5.41, 5.74) is 6.83. The van der Waals surface area contributed by atoms with E-state index < -0.39 is 6.10 Å². The molecular weight excluding hydrogens is 256 g/mol. The monoisotopic (exact) mass is 278 g/mol. The predicted octanol–water partition coefficient (Wildman–Crippen LogP) is 1.33. The zero-order valence-electron chi connectivity index (χ0n) is 12.0. The fourth-order valence-electron chi connectivity index (χ4n) is 2.25. The van der Waals surface area contributed by atoms with Crippen molar-refractivity contribution in [3.8, 4) is 5.75 Å². The number of carbonyl (C=O) groups excluding carboxylic acids is 1. The molecule has 5 heteroatoms. The van der Waals surface area contributed by atoms with Gasteiger partial charge in [0.05, 0.1) is 13.2 Å². The van der Waals surface area contributed by atoms with Crippen molar-refractivity contribution in [3.05, 3.63) is 29.8 Å². The van der Waals surface area contributed by atoms with E-state index in [1.807, 2.05) is 31.2 Å². The molecule has 1 aromatic carbocycles. The summed E-state index contributed by atoms with van der Waals surface area (Å²) in [5.74, 6) is 0.671. The minimum atomic E-state index is -0.520. The van der Waals surface area contributed by atoms with Crippen molar-refractivity contribution >= 4 is 5.91 Å². The smallest absolute Gasteiger partial charge is 0.263 e. The van der Waals surface area contributed by atoms with Gasteiger partial charge in [-0.25, -0.2) is 0 Å². The Morgan fingerprint density at radius 3 is 2.60 bits per heavy atom. The van der Waals surface area contributed by atoms with Crippen molar-refractivity contribution in [2.24, 2.45) is 5.73 Å². The van der Waals surface area contributed by atoms with E-state index in [1.54, 1.807) is 11.8 Å². The van der Waals surface area contributed by atoms with Crippen LogP contribution in [0.4, 0.5) is 0 Å². The number of nitrogens with zero attached hydrogens (tertiary/aromatic N) is 1. The van der Waals surface area contributed by atoms with E-state index in [1.165, 1.54) is 0 Å². The highest BCUT2D eigenvalue weighted by atomic mass is 16.5. The molecule has 1 aliphatic heterocycles. The summed E-state index contributed by atoms with van der Waals surface area (Å²) in [5, 5.41) is 0. The Morgan fingerprint density at radius 2 is 1.95 bits per heavy atom. The van der Waals surface area contributed by atoms with Gasteiger partial charge in [0.15, 0.2) is 6.10 Å². The van der Waals surface area contributed by atoms with Gasteiger partial charge in [-0.1, -0.05) is 18.2 Å². The molecule has 2 N–H and O–H groups in total.